The van der Waals surface area contributed by atoms with Gasteiger partial charge < -0.3 is 43.0 Å². The number of carbonyl (C=O) groups is 4. The Morgan fingerprint density at radius 2 is 1.14 bits per heavy atom. The molecule has 210 valence electrons. The van der Waals surface area contributed by atoms with Crippen LogP contribution in [0, 0.1) is 11.8 Å². The zero-order valence-electron chi connectivity index (χ0n) is 23.1. The molecule has 0 aliphatic rings. The third-order valence-corrected chi connectivity index (χ3v) is 5.57. The lowest BCUT2D eigenvalue weighted by molar-refractivity contribution is -0.119. The van der Waals surface area contributed by atoms with Gasteiger partial charge in [0, 0.05) is 38.6 Å². The highest BCUT2D eigenvalue weighted by molar-refractivity contribution is 5.77. The number of urea groups is 3. The fourth-order valence-corrected chi connectivity index (χ4v) is 3.27. The van der Waals surface area contributed by atoms with Gasteiger partial charge in [-0.1, -0.05) is 34.1 Å². The van der Waals surface area contributed by atoms with Crippen molar-refractivity contribution < 1.29 is 19.2 Å². The van der Waals surface area contributed by atoms with E-state index < -0.39 is 0 Å². The van der Waals surface area contributed by atoms with Crippen LogP contribution in [0.15, 0.2) is 0 Å². The quantitative estimate of drug-likeness (QED) is 0.143. The molecule has 0 radical (unpaired) electrons. The Hall–Kier alpha value is -2.76. The molecule has 9 N–H and O–H groups in total. The molecule has 0 spiro atoms. The summed E-state index contributed by atoms with van der Waals surface area (Å²) in [5.74, 6) is 0.0748. The monoisotopic (exact) mass is 514 g/mol. The minimum atomic E-state index is -0.377. The molecule has 12 nitrogen and oxygen atoms in total. The maximum atomic E-state index is 12.6. The molecule has 0 aliphatic heterocycles. The Balaban J connectivity index is 4.85. The zero-order valence-corrected chi connectivity index (χ0v) is 23.1. The predicted octanol–water partition coefficient (Wildman–Crippen LogP) is 0.975. The van der Waals surface area contributed by atoms with Gasteiger partial charge in [0.1, 0.15) is 0 Å². The van der Waals surface area contributed by atoms with Gasteiger partial charge in [-0.2, -0.15) is 0 Å². The largest absolute Gasteiger partial charge is 0.354 e. The van der Waals surface area contributed by atoms with Gasteiger partial charge in [0.05, 0.1) is 12.1 Å². The van der Waals surface area contributed by atoms with Crippen LogP contribution >= 0.6 is 0 Å². The molecule has 0 rings (SSSR count). The average Bonchev–Trinajstić information content (AvgIpc) is 2.76. The lowest BCUT2D eigenvalue weighted by atomic mass is 10.0. The molecule has 0 bridgehead atoms. The van der Waals surface area contributed by atoms with Gasteiger partial charge in [-0.25, -0.2) is 14.4 Å². The van der Waals surface area contributed by atoms with Gasteiger partial charge in [-0.3, -0.25) is 4.79 Å². The number of carbonyl (C=O) groups excluding carboxylic acids is 4. The van der Waals surface area contributed by atoms with Crippen LogP contribution in [0.1, 0.15) is 67.7 Å². The van der Waals surface area contributed by atoms with Crippen LogP contribution in [-0.4, -0.2) is 74.3 Å². The van der Waals surface area contributed by atoms with Gasteiger partial charge >= 0.3 is 18.1 Å². The highest BCUT2D eigenvalue weighted by Gasteiger charge is 2.20. The van der Waals surface area contributed by atoms with Crippen molar-refractivity contribution in [3.05, 3.63) is 0 Å². The van der Waals surface area contributed by atoms with E-state index in [1.807, 2.05) is 41.5 Å². The molecule has 0 saturated carbocycles. The summed E-state index contributed by atoms with van der Waals surface area (Å²) in [4.78, 5) is 48.3. The molecule has 3 atom stereocenters. The van der Waals surface area contributed by atoms with Crippen LogP contribution in [0.3, 0.4) is 0 Å². The first-order chi connectivity index (χ1) is 16.8. The smallest absolute Gasteiger partial charge is 0.315 e. The van der Waals surface area contributed by atoms with Crippen molar-refractivity contribution in [3.8, 4) is 0 Å². The Bertz CT molecular complexity index is 673. The van der Waals surface area contributed by atoms with Gasteiger partial charge in [0.2, 0.25) is 5.91 Å². The summed E-state index contributed by atoms with van der Waals surface area (Å²) < 4.78 is 0. The SMILES string of the molecule is CC(=O)NC[C@@H](NC(=O)NC[C@H](CCCCN)NC(=O)NC[C@@H](NC(=O)NC(C)C)C(C)C)C(C)C. The van der Waals surface area contributed by atoms with Gasteiger partial charge in [0.15, 0.2) is 0 Å². The Morgan fingerprint density at radius 3 is 1.64 bits per heavy atom. The summed E-state index contributed by atoms with van der Waals surface area (Å²) in [5, 5.41) is 19.8. The van der Waals surface area contributed by atoms with Crippen molar-refractivity contribution in [2.75, 3.05) is 26.2 Å². The van der Waals surface area contributed by atoms with Crippen LogP contribution in [0.5, 0.6) is 0 Å². The molecule has 0 aromatic carbocycles. The fraction of sp³-hybridized carbons (Fsp3) is 0.833. The van der Waals surface area contributed by atoms with Gasteiger partial charge in [-0.15, -0.1) is 0 Å². The van der Waals surface area contributed by atoms with Crippen molar-refractivity contribution in [2.45, 2.75) is 91.9 Å². The second-order valence-electron chi connectivity index (χ2n) is 10.1. The molecule has 0 unspecified atom stereocenters. The molecular weight excluding hydrogens is 464 g/mol. The molecule has 0 aromatic heterocycles. The lowest BCUT2D eigenvalue weighted by Gasteiger charge is -2.26. The Labute approximate surface area is 216 Å². The van der Waals surface area contributed by atoms with E-state index >= 15 is 0 Å². The van der Waals surface area contributed by atoms with E-state index in [1.54, 1.807) is 0 Å². The minimum absolute atomic E-state index is 0.00858. The molecule has 0 fully saturated rings. The fourth-order valence-electron chi connectivity index (χ4n) is 3.27. The first-order valence-corrected chi connectivity index (χ1v) is 13.0. The highest BCUT2D eigenvalue weighted by Crippen LogP contribution is 2.03. The van der Waals surface area contributed by atoms with E-state index in [0.717, 1.165) is 12.8 Å². The maximum absolute atomic E-state index is 12.6. The lowest BCUT2D eigenvalue weighted by Crippen LogP contribution is -2.55. The summed E-state index contributed by atoms with van der Waals surface area (Å²) in [6.45, 7) is 14.4. The number of nitrogens with two attached hydrogens (primary N) is 1. The summed E-state index contributed by atoms with van der Waals surface area (Å²) in [5.41, 5.74) is 5.60. The van der Waals surface area contributed by atoms with Crippen molar-refractivity contribution in [1.82, 2.24) is 37.2 Å². The van der Waals surface area contributed by atoms with Crippen LogP contribution in [-0.2, 0) is 4.79 Å². The first-order valence-electron chi connectivity index (χ1n) is 13.0. The van der Waals surface area contributed by atoms with Crippen molar-refractivity contribution in [1.29, 1.82) is 0 Å². The molecule has 12 heteroatoms. The number of nitrogens with one attached hydrogen (secondary N) is 7. The van der Waals surface area contributed by atoms with Crippen LogP contribution in [0.25, 0.3) is 0 Å². The summed E-state index contributed by atoms with van der Waals surface area (Å²) in [6.07, 6.45) is 2.25. The highest BCUT2D eigenvalue weighted by atomic mass is 16.2. The van der Waals surface area contributed by atoms with E-state index in [2.05, 4.69) is 37.2 Å². The Morgan fingerprint density at radius 1 is 0.639 bits per heavy atom. The minimum Gasteiger partial charge on any atom is -0.354 e. The van der Waals surface area contributed by atoms with Crippen molar-refractivity contribution >= 4 is 24.0 Å². The number of hydrogen-bond donors (Lipinski definition) is 8. The number of rotatable bonds is 16. The number of hydrogen-bond acceptors (Lipinski definition) is 5. The Kier molecular flexibility index (Phi) is 17.1. The van der Waals surface area contributed by atoms with Crippen LogP contribution in [0.2, 0.25) is 0 Å². The van der Waals surface area contributed by atoms with Crippen LogP contribution < -0.4 is 43.0 Å². The van der Waals surface area contributed by atoms with Crippen molar-refractivity contribution in [2.24, 2.45) is 17.6 Å². The normalized spacial score (nSPS) is 13.5. The van der Waals surface area contributed by atoms with Crippen molar-refractivity contribution in [3.63, 3.8) is 0 Å². The first kappa shape index (κ1) is 33.2. The number of amides is 7. The zero-order chi connectivity index (χ0) is 27.7. The van der Waals surface area contributed by atoms with Gasteiger partial charge in [0.25, 0.3) is 0 Å². The third kappa shape index (κ3) is 16.8. The van der Waals surface area contributed by atoms with E-state index in [0.29, 0.717) is 19.5 Å². The molecule has 7 amide bonds. The number of unbranched alkanes of at least 4 members (excludes halogenated alkanes) is 1. The maximum Gasteiger partial charge on any atom is 0.315 e. The molecule has 0 saturated heterocycles. The van der Waals surface area contributed by atoms with Crippen LogP contribution in [0.4, 0.5) is 14.4 Å². The molecule has 0 aromatic rings. The predicted molar refractivity (Wildman–Crippen MR) is 143 cm³/mol. The topological polar surface area (TPSA) is 179 Å². The summed E-state index contributed by atoms with van der Waals surface area (Å²) in [6, 6.07) is -1.79. The van der Waals surface area contributed by atoms with E-state index in [-0.39, 0.29) is 73.1 Å². The molecule has 0 heterocycles. The molecular formula is C24H50N8O4. The van der Waals surface area contributed by atoms with E-state index in [9.17, 15) is 19.2 Å². The molecule has 36 heavy (non-hydrogen) atoms. The third-order valence-electron chi connectivity index (χ3n) is 5.57. The van der Waals surface area contributed by atoms with Gasteiger partial charge in [-0.05, 0) is 45.1 Å². The molecule has 0 aliphatic carbocycles. The standard InChI is InChI=1S/C24H50N8O4/c1-15(2)20(13-26-18(7)33)31-23(35)27-12-19(10-8-9-11-25)30-22(34)28-14-21(16(3)4)32-24(36)29-17(5)6/h15-17,19-21H,8-14,25H2,1-7H3,(H,26,33)(H2,27,31,35)(H2,28,30,34)(H2,29,32,36)/t19-,20+,21+/m0/s1. The average molecular weight is 515 g/mol. The summed E-state index contributed by atoms with van der Waals surface area (Å²) in [7, 11) is 0. The van der Waals surface area contributed by atoms with E-state index in [1.165, 1.54) is 6.92 Å². The van der Waals surface area contributed by atoms with E-state index in [4.69, 9.17) is 5.73 Å². The second-order valence-corrected chi connectivity index (χ2v) is 10.1. The summed E-state index contributed by atoms with van der Waals surface area (Å²) >= 11 is 0. The second kappa shape index (κ2) is 18.5.